The van der Waals surface area contributed by atoms with Crippen molar-refractivity contribution in [3.8, 4) is 0 Å². The van der Waals surface area contributed by atoms with Crippen LogP contribution < -0.4 is 11.2 Å². The lowest BCUT2D eigenvalue weighted by Crippen LogP contribution is -2.18. The summed E-state index contributed by atoms with van der Waals surface area (Å²) in [6.45, 7) is 3.29. The SMILES string of the molecule is C/C(=N\NCCN)c1ccccc1. The van der Waals surface area contributed by atoms with Crippen molar-refractivity contribution in [2.24, 2.45) is 10.8 Å². The fourth-order valence-electron chi connectivity index (χ4n) is 0.983. The lowest BCUT2D eigenvalue weighted by Gasteiger charge is -2.01. The summed E-state index contributed by atoms with van der Waals surface area (Å²) in [6.07, 6.45) is 0. The highest BCUT2D eigenvalue weighted by Crippen LogP contribution is 1.99. The smallest absolute Gasteiger partial charge is 0.0644 e. The minimum absolute atomic E-state index is 0.603. The van der Waals surface area contributed by atoms with E-state index in [1.807, 2.05) is 37.3 Å². The van der Waals surface area contributed by atoms with Gasteiger partial charge in [0.05, 0.1) is 5.71 Å². The summed E-state index contributed by atoms with van der Waals surface area (Å²) >= 11 is 0. The van der Waals surface area contributed by atoms with Crippen LogP contribution in [0.4, 0.5) is 0 Å². The van der Waals surface area contributed by atoms with Crippen LogP contribution in [-0.2, 0) is 0 Å². The Morgan fingerprint density at radius 3 is 2.69 bits per heavy atom. The second-order valence-corrected chi connectivity index (χ2v) is 2.76. The van der Waals surface area contributed by atoms with Crippen LogP contribution in [0.15, 0.2) is 35.4 Å². The number of hydrogen-bond acceptors (Lipinski definition) is 3. The highest BCUT2D eigenvalue weighted by atomic mass is 15.3. The molecule has 0 aliphatic carbocycles. The number of nitrogens with zero attached hydrogens (tertiary/aromatic N) is 1. The van der Waals surface area contributed by atoms with Crippen molar-refractivity contribution in [2.75, 3.05) is 13.1 Å². The molecule has 0 aromatic heterocycles. The molecule has 0 radical (unpaired) electrons. The van der Waals surface area contributed by atoms with Gasteiger partial charge in [-0.05, 0) is 12.5 Å². The lowest BCUT2D eigenvalue weighted by atomic mass is 10.1. The molecule has 0 saturated heterocycles. The topological polar surface area (TPSA) is 50.4 Å². The van der Waals surface area contributed by atoms with Gasteiger partial charge in [-0.15, -0.1) is 0 Å². The van der Waals surface area contributed by atoms with Crippen molar-refractivity contribution < 1.29 is 0 Å². The monoisotopic (exact) mass is 177 g/mol. The van der Waals surface area contributed by atoms with Crippen LogP contribution in [0.3, 0.4) is 0 Å². The molecular formula is C10H15N3. The average molecular weight is 177 g/mol. The summed E-state index contributed by atoms with van der Waals surface area (Å²) in [5, 5.41) is 4.17. The van der Waals surface area contributed by atoms with E-state index in [0.717, 1.165) is 11.3 Å². The first-order valence-corrected chi connectivity index (χ1v) is 4.37. The van der Waals surface area contributed by atoms with Crippen LogP contribution in [0.5, 0.6) is 0 Å². The summed E-state index contributed by atoms with van der Waals surface area (Å²) in [6, 6.07) is 10.0. The molecule has 0 spiro atoms. The highest BCUT2D eigenvalue weighted by molar-refractivity contribution is 5.98. The molecule has 0 amide bonds. The number of benzene rings is 1. The Morgan fingerprint density at radius 2 is 2.08 bits per heavy atom. The molecule has 0 aliphatic rings. The zero-order chi connectivity index (χ0) is 9.52. The van der Waals surface area contributed by atoms with E-state index >= 15 is 0 Å². The van der Waals surface area contributed by atoms with Crippen molar-refractivity contribution in [1.82, 2.24) is 5.43 Å². The van der Waals surface area contributed by atoms with Crippen molar-refractivity contribution in [3.05, 3.63) is 35.9 Å². The molecule has 3 N–H and O–H groups in total. The standard InChI is InChI=1S/C10H15N3/c1-9(13-12-8-7-11)10-5-3-2-4-6-10/h2-6,12H,7-8,11H2,1H3/b13-9+. The van der Waals surface area contributed by atoms with Gasteiger partial charge in [0, 0.05) is 13.1 Å². The third-order valence-electron chi connectivity index (χ3n) is 1.69. The lowest BCUT2D eigenvalue weighted by molar-refractivity contribution is 0.740. The van der Waals surface area contributed by atoms with E-state index in [1.165, 1.54) is 0 Å². The molecule has 0 bridgehead atoms. The van der Waals surface area contributed by atoms with Gasteiger partial charge in [-0.2, -0.15) is 5.10 Å². The Balaban J connectivity index is 2.57. The predicted octanol–water partition coefficient (Wildman–Crippen LogP) is 0.959. The fraction of sp³-hybridized carbons (Fsp3) is 0.300. The average Bonchev–Trinajstić information content (AvgIpc) is 2.19. The maximum absolute atomic E-state index is 5.32. The zero-order valence-corrected chi connectivity index (χ0v) is 7.83. The third kappa shape index (κ3) is 3.25. The zero-order valence-electron chi connectivity index (χ0n) is 7.83. The Bertz CT molecular complexity index is 267. The molecule has 0 heterocycles. The molecule has 3 nitrogen and oxygen atoms in total. The molecule has 1 rings (SSSR count). The number of nitrogens with two attached hydrogens (primary N) is 1. The summed E-state index contributed by atoms with van der Waals surface area (Å²) in [4.78, 5) is 0. The maximum atomic E-state index is 5.32. The first kappa shape index (κ1) is 9.74. The molecule has 0 atom stereocenters. The molecule has 1 aromatic carbocycles. The van der Waals surface area contributed by atoms with Crippen molar-refractivity contribution >= 4 is 5.71 Å². The molecular weight excluding hydrogens is 162 g/mol. The summed E-state index contributed by atoms with van der Waals surface area (Å²) in [5.74, 6) is 0. The molecule has 1 aromatic rings. The van der Waals surface area contributed by atoms with Crippen LogP contribution in [0.25, 0.3) is 0 Å². The molecule has 0 saturated carbocycles. The molecule has 0 unspecified atom stereocenters. The maximum Gasteiger partial charge on any atom is 0.0644 e. The summed E-state index contributed by atoms with van der Waals surface area (Å²) in [5.41, 5.74) is 10.3. The first-order valence-electron chi connectivity index (χ1n) is 4.37. The molecule has 0 aliphatic heterocycles. The van der Waals surface area contributed by atoms with Crippen LogP contribution in [-0.4, -0.2) is 18.8 Å². The molecule has 13 heavy (non-hydrogen) atoms. The van der Waals surface area contributed by atoms with E-state index in [0.29, 0.717) is 13.1 Å². The second-order valence-electron chi connectivity index (χ2n) is 2.76. The van der Waals surface area contributed by atoms with Crippen LogP contribution in [0.1, 0.15) is 12.5 Å². The normalized spacial score (nSPS) is 11.4. The van der Waals surface area contributed by atoms with E-state index in [9.17, 15) is 0 Å². The number of nitrogens with one attached hydrogen (secondary N) is 1. The van der Waals surface area contributed by atoms with Gasteiger partial charge in [-0.3, -0.25) is 0 Å². The largest absolute Gasteiger partial charge is 0.329 e. The van der Waals surface area contributed by atoms with E-state index in [1.54, 1.807) is 0 Å². The summed E-state index contributed by atoms with van der Waals surface area (Å²) in [7, 11) is 0. The minimum atomic E-state index is 0.603. The van der Waals surface area contributed by atoms with Gasteiger partial charge < -0.3 is 11.2 Å². The molecule has 3 heteroatoms. The Hall–Kier alpha value is -1.35. The van der Waals surface area contributed by atoms with E-state index in [-0.39, 0.29) is 0 Å². The van der Waals surface area contributed by atoms with Gasteiger partial charge in [0.25, 0.3) is 0 Å². The third-order valence-corrected chi connectivity index (χ3v) is 1.69. The fourth-order valence-corrected chi connectivity index (χ4v) is 0.983. The summed E-state index contributed by atoms with van der Waals surface area (Å²) < 4.78 is 0. The first-order chi connectivity index (χ1) is 6.34. The van der Waals surface area contributed by atoms with E-state index < -0.39 is 0 Å². The second kappa shape index (κ2) is 5.32. The predicted molar refractivity (Wildman–Crippen MR) is 55.7 cm³/mol. The number of rotatable bonds is 4. The Labute approximate surface area is 78.6 Å². The minimum Gasteiger partial charge on any atom is -0.329 e. The van der Waals surface area contributed by atoms with Gasteiger partial charge >= 0.3 is 0 Å². The molecule has 0 fully saturated rings. The van der Waals surface area contributed by atoms with Gasteiger partial charge in [-0.1, -0.05) is 30.3 Å². The van der Waals surface area contributed by atoms with Gasteiger partial charge in [0.1, 0.15) is 0 Å². The quantitative estimate of drug-likeness (QED) is 0.409. The van der Waals surface area contributed by atoms with E-state index in [2.05, 4.69) is 10.5 Å². The van der Waals surface area contributed by atoms with Crippen LogP contribution >= 0.6 is 0 Å². The van der Waals surface area contributed by atoms with E-state index in [4.69, 9.17) is 5.73 Å². The van der Waals surface area contributed by atoms with Gasteiger partial charge in [-0.25, -0.2) is 0 Å². The Morgan fingerprint density at radius 1 is 1.38 bits per heavy atom. The molecule has 70 valence electrons. The Kier molecular flexibility index (Phi) is 3.99. The van der Waals surface area contributed by atoms with Gasteiger partial charge in [0.15, 0.2) is 0 Å². The van der Waals surface area contributed by atoms with Crippen LogP contribution in [0, 0.1) is 0 Å². The number of hydrogen-bond donors (Lipinski definition) is 2. The number of hydrazone groups is 1. The van der Waals surface area contributed by atoms with Gasteiger partial charge in [0.2, 0.25) is 0 Å². The van der Waals surface area contributed by atoms with Crippen molar-refractivity contribution in [2.45, 2.75) is 6.92 Å². The van der Waals surface area contributed by atoms with Crippen molar-refractivity contribution in [3.63, 3.8) is 0 Å². The van der Waals surface area contributed by atoms with Crippen molar-refractivity contribution in [1.29, 1.82) is 0 Å². The highest BCUT2D eigenvalue weighted by Gasteiger charge is 1.93. The van der Waals surface area contributed by atoms with Crippen LogP contribution in [0.2, 0.25) is 0 Å².